The maximum atomic E-state index is 9.03. The van der Waals surface area contributed by atoms with Gasteiger partial charge >= 0.3 is 0 Å². The van der Waals surface area contributed by atoms with E-state index in [1.54, 1.807) is 0 Å². The molecular weight excluding hydrogens is 314 g/mol. The van der Waals surface area contributed by atoms with Gasteiger partial charge in [-0.3, -0.25) is 9.58 Å². The van der Waals surface area contributed by atoms with Gasteiger partial charge in [0.25, 0.3) is 0 Å². The van der Waals surface area contributed by atoms with Crippen molar-refractivity contribution in [3.05, 3.63) is 47.8 Å². The van der Waals surface area contributed by atoms with Gasteiger partial charge in [0.05, 0.1) is 36.1 Å². The number of likely N-dealkylation sites (tertiary alicyclic amines) is 1. The van der Waals surface area contributed by atoms with E-state index in [4.69, 9.17) is 10.00 Å². The van der Waals surface area contributed by atoms with Gasteiger partial charge in [0, 0.05) is 50.6 Å². The molecule has 0 radical (unpaired) electrons. The molecule has 2 aliphatic heterocycles. The summed E-state index contributed by atoms with van der Waals surface area (Å²) < 4.78 is 8.08. The summed E-state index contributed by atoms with van der Waals surface area (Å²) >= 11 is 0. The zero-order valence-corrected chi connectivity index (χ0v) is 14.5. The van der Waals surface area contributed by atoms with Crippen molar-refractivity contribution in [1.82, 2.24) is 14.7 Å². The van der Waals surface area contributed by atoms with Crippen LogP contribution in [0, 0.1) is 11.3 Å². The molecule has 2 aromatic rings. The smallest absolute Gasteiger partial charge is 0.0992 e. The van der Waals surface area contributed by atoms with Crippen LogP contribution in [-0.2, 0) is 18.3 Å². The lowest BCUT2D eigenvalue weighted by molar-refractivity contribution is 0.0120. The second-order valence-electron chi connectivity index (χ2n) is 7.21. The lowest BCUT2D eigenvalue weighted by Gasteiger charge is -2.23. The number of nitriles is 1. The van der Waals surface area contributed by atoms with E-state index in [0.717, 1.165) is 44.8 Å². The predicted octanol–water partition coefficient (Wildman–Crippen LogP) is 2.14. The monoisotopic (exact) mass is 337 g/mol. The number of ether oxygens (including phenoxy) is 1. The summed E-state index contributed by atoms with van der Waals surface area (Å²) in [6, 6.07) is 10.1. The molecule has 2 saturated heterocycles. The number of aryl methyl sites for hydroxylation is 1. The van der Waals surface area contributed by atoms with Crippen LogP contribution in [0.1, 0.15) is 24.0 Å². The molecule has 4 rings (SSSR count). The van der Waals surface area contributed by atoms with Gasteiger partial charge in [-0.25, -0.2) is 0 Å². The van der Waals surface area contributed by atoms with Gasteiger partial charge in [0.2, 0.25) is 0 Å². The van der Waals surface area contributed by atoms with Crippen molar-refractivity contribution in [2.24, 2.45) is 7.05 Å². The normalized spacial score (nSPS) is 26.2. The van der Waals surface area contributed by atoms with E-state index < -0.39 is 0 Å². The fraction of sp³-hybridized carbons (Fsp3) is 0.474. The van der Waals surface area contributed by atoms with Gasteiger partial charge in [0.15, 0.2) is 0 Å². The first-order chi connectivity index (χ1) is 12.1. The highest BCUT2D eigenvalue weighted by molar-refractivity contribution is 5.50. The molecule has 2 fully saturated rings. The molecule has 3 heterocycles. The lowest BCUT2D eigenvalue weighted by atomic mass is 9.97. The highest BCUT2D eigenvalue weighted by Gasteiger charge is 2.45. The first kappa shape index (κ1) is 16.1. The molecule has 0 saturated carbocycles. The first-order valence-electron chi connectivity index (χ1n) is 8.75. The molecule has 2 atom stereocenters. The largest absolute Gasteiger partial charge is 0.380 e. The molecule has 2 aliphatic rings. The number of aromatic nitrogens is 2. The third-order valence-corrected chi connectivity index (χ3v) is 5.13. The molecule has 130 valence electrons. The molecule has 0 aliphatic carbocycles. The summed E-state index contributed by atoms with van der Waals surface area (Å²) in [5.41, 5.74) is 2.89. The van der Waals surface area contributed by atoms with Crippen LogP contribution >= 0.6 is 0 Å². The summed E-state index contributed by atoms with van der Waals surface area (Å²) in [6.45, 7) is 3.68. The van der Waals surface area contributed by atoms with Gasteiger partial charge in [0.1, 0.15) is 0 Å². The Hall–Kier alpha value is -2.36. The fourth-order valence-electron chi connectivity index (χ4n) is 4.01. The average Bonchev–Trinajstić information content (AvgIpc) is 3.31. The van der Waals surface area contributed by atoms with Gasteiger partial charge in [-0.1, -0.05) is 6.07 Å². The Morgan fingerprint density at radius 2 is 2.40 bits per heavy atom. The Morgan fingerprint density at radius 3 is 3.20 bits per heavy atom. The Bertz CT molecular complexity index is 795. The number of hydrogen-bond donors (Lipinski definition) is 1. The second-order valence-corrected chi connectivity index (χ2v) is 7.21. The molecular formula is C19H23N5O. The standard InChI is InChI=1S/C19H23N5O/c1-23-11-16(10-21-23)12-24-6-5-19(14-24)8-18(13-25-19)22-17-4-2-3-15(7-17)9-20/h2-4,7,10-11,18,22H,5-6,8,12-14H2,1H3/t18-,19+/m1/s1. The van der Waals surface area contributed by atoms with E-state index in [-0.39, 0.29) is 5.60 Å². The molecule has 25 heavy (non-hydrogen) atoms. The van der Waals surface area contributed by atoms with Gasteiger partial charge in [-0.2, -0.15) is 10.4 Å². The van der Waals surface area contributed by atoms with Crippen LogP contribution < -0.4 is 5.32 Å². The van der Waals surface area contributed by atoms with E-state index in [9.17, 15) is 0 Å². The minimum atomic E-state index is -0.0350. The number of benzene rings is 1. The van der Waals surface area contributed by atoms with Crippen LogP contribution in [0.15, 0.2) is 36.7 Å². The Morgan fingerprint density at radius 1 is 1.48 bits per heavy atom. The number of nitrogens with zero attached hydrogens (tertiary/aromatic N) is 4. The van der Waals surface area contributed by atoms with E-state index >= 15 is 0 Å². The van der Waals surface area contributed by atoms with E-state index in [1.165, 1.54) is 5.56 Å². The van der Waals surface area contributed by atoms with Crippen molar-refractivity contribution in [3.8, 4) is 6.07 Å². The molecule has 6 heteroatoms. The number of rotatable bonds is 4. The van der Waals surface area contributed by atoms with Crippen LogP contribution in [0.4, 0.5) is 5.69 Å². The van der Waals surface area contributed by atoms with Crippen LogP contribution in [-0.4, -0.2) is 46.0 Å². The quantitative estimate of drug-likeness (QED) is 0.926. The van der Waals surface area contributed by atoms with E-state index in [1.807, 2.05) is 42.2 Å². The Balaban J connectivity index is 1.35. The molecule has 1 aromatic carbocycles. The maximum absolute atomic E-state index is 9.03. The molecule has 0 bridgehead atoms. The molecule has 0 amide bonds. The third kappa shape index (κ3) is 3.53. The Labute approximate surface area is 148 Å². The van der Waals surface area contributed by atoms with Gasteiger partial charge in [-0.15, -0.1) is 0 Å². The number of anilines is 1. The SMILES string of the molecule is Cn1cc(CN2CC[C@]3(C[C@@H](Nc4cccc(C#N)c4)CO3)C2)cn1. The summed E-state index contributed by atoms with van der Waals surface area (Å²) in [5, 5.41) is 16.8. The molecule has 0 unspecified atom stereocenters. The van der Waals surface area contributed by atoms with Crippen molar-refractivity contribution in [3.63, 3.8) is 0 Å². The molecule has 6 nitrogen and oxygen atoms in total. The van der Waals surface area contributed by atoms with Crippen molar-refractivity contribution in [1.29, 1.82) is 5.26 Å². The molecule has 1 spiro atoms. The number of hydrogen-bond acceptors (Lipinski definition) is 5. The van der Waals surface area contributed by atoms with Crippen molar-refractivity contribution in [2.45, 2.75) is 31.0 Å². The summed E-state index contributed by atoms with van der Waals surface area (Å²) in [5.74, 6) is 0. The molecule has 1 aromatic heterocycles. The van der Waals surface area contributed by atoms with Crippen molar-refractivity contribution in [2.75, 3.05) is 25.0 Å². The predicted molar refractivity (Wildman–Crippen MR) is 95.0 cm³/mol. The number of nitrogens with one attached hydrogen (secondary N) is 1. The van der Waals surface area contributed by atoms with Crippen LogP contribution in [0.2, 0.25) is 0 Å². The fourth-order valence-corrected chi connectivity index (χ4v) is 4.01. The minimum Gasteiger partial charge on any atom is -0.380 e. The van der Waals surface area contributed by atoms with Crippen LogP contribution in [0.25, 0.3) is 0 Å². The first-order valence-corrected chi connectivity index (χ1v) is 8.75. The summed E-state index contributed by atoms with van der Waals surface area (Å²) in [7, 11) is 1.95. The average molecular weight is 337 g/mol. The topological polar surface area (TPSA) is 66.1 Å². The zero-order chi connectivity index (χ0) is 17.3. The van der Waals surface area contributed by atoms with Crippen molar-refractivity contribution >= 4 is 5.69 Å². The van der Waals surface area contributed by atoms with Crippen molar-refractivity contribution < 1.29 is 4.74 Å². The van der Waals surface area contributed by atoms with E-state index in [2.05, 4.69) is 27.6 Å². The maximum Gasteiger partial charge on any atom is 0.0992 e. The highest BCUT2D eigenvalue weighted by atomic mass is 16.5. The van der Waals surface area contributed by atoms with Gasteiger partial charge < -0.3 is 10.1 Å². The highest BCUT2D eigenvalue weighted by Crippen LogP contribution is 2.36. The summed E-state index contributed by atoms with van der Waals surface area (Å²) in [4.78, 5) is 2.45. The van der Waals surface area contributed by atoms with Crippen LogP contribution in [0.5, 0.6) is 0 Å². The zero-order valence-electron chi connectivity index (χ0n) is 14.5. The third-order valence-electron chi connectivity index (χ3n) is 5.13. The minimum absolute atomic E-state index is 0.0350. The Kier molecular flexibility index (Phi) is 4.20. The summed E-state index contributed by atoms with van der Waals surface area (Å²) in [6.07, 6.45) is 6.09. The molecule has 1 N–H and O–H groups in total. The lowest BCUT2D eigenvalue weighted by Crippen LogP contribution is -2.33. The van der Waals surface area contributed by atoms with Gasteiger partial charge in [-0.05, 0) is 24.6 Å². The second kappa shape index (κ2) is 6.51. The van der Waals surface area contributed by atoms with Crippen LogP contribution in [0.3, 0.4) is 0 Å². The van der Waals surface area contributed by atoms with E-state index in [0.29, 0.717) is 11.6 Å².